The summed E-state index contributed by atoms with van der Waals surface area (Å²) in [6.07, 6.45) is 1.40. The lowest BCUT2D eigenvalue weighted by Gasteiger charge is -2.36. The third kappa shape index (κ3) is 4.28. The molecule has 2 heterocycles. The Morgan fingerprint density at radius 1 is 1.10 bits per heavy atom. The number of carbonyl (C=O) groups excluding carboxylic acids is 2. The van der Waals surface area contributed by atoms with E-state index in [2.05, 4.69) is 22.5 Å². The van der Waals surface area contributed by atoms with Crippen LogP contribution in [0, 0.1) is 20.8 Å². The summed E-state index contributed by atoms with van der Waals surface area (Å²) >= 11 is 0. The molecule has 2 amide bonds. The zero-order chi connectivity index (χ0) is 21.3. The van der Waals surface area contributed by atoms with Gasteiger partial charge in [0.15, 0.2) is 0 Å². The number of rotatable bonds is 4. The number of amides is 2. The van der Waals surface area contributed by atoms with Gasteiger partial charge in [0, 0.05) is 37.2 Å². The molecule has 0 unspecified atom stereocenters. The number of piperidine rings is 1. The minimum atomic E-state index is -0.544. The molecular weight excluding hydrogens is 376 g/mol. The van der Waals surface area contributed by atoms with Crippen molar-refractivity contribution < 1.29 is 9.59 Å². The largest absolute Gasteiger partial charge is 0.326 e. The molecule has 30 heavy (non-hydrogen) atoms. The standard InChI is InChI=1S/C24H28N4O2/c1-16-5-4-6-19(13-16)22-23(30)27-24(26-22)9-11-28(12-10-24)15-21(29)25-20-8-7-17(2)18(3)14-20/h4-8,13-14H,9-12,15H2,1-3H3,(H,25,29)(H,27,30). The van der Waals surface area contributed by atoms with Crippen molar-refractivity contribution in [3.8, 4) is 0 Å². The molecule has 0 atom stereocenters. The fraction of sp³-hybridized carbons (Fsp3) is 0.375. The van der Waals surface area contributed by atoms with Crippen molar-refractivity contribution in [1.29, 1.82) is 0 Å². The highest BCUT2D eigenvalue weighted by Gasteiger charge is 2.42. The van der Waals surface area contributed by atoms with Gasteiger partial charge in [-0.2, -0.15) is 0 Å². The van der Waals surface area contributed by atoms with E-state index in [0.29, 0.717) is 38.2 Å². The number of hydrogen-bond donors (Lipinski definition) is 2. The first-order valence-electron chi connectivity index (χ1n) is 10.4. The molecule has 1 saturated heterocycles. The van der Waals surface area contributed by atoms with Gasteiger partial charge in [-0.05, 0) is 50.1 Å². The Balaban J connectivity index is 1.36. The predicted octanol–water partition coefficient (Wildman–Crippen LogP) is 2.96. The van der Waals surface area contributed by atoms with Gasteiger partial charge in [0.05, 0.1) is 6.54 Å². The van der Waals surface area contributed by atoms with Crippen LogP contribution in [0.25, 0.3) is 0 Å². The van der Waals surface area contributed by atoms with E-state index in [0.717, 1.165) is 22.4 Å². The molecule has 0 saturated carbocycles. The van der Waals surface area contributed by atoms with Crippen molar-refractivity contribution in [2.24, 2.45) is 4.99 Å². The van der Waals surface area contributed by atoms with E-state index in [9.17, 15) is 9.59 Å². The number of carbonyl (C=O) groups is 2. The van der Waals surface area contributed by atoms with Gasteiger partial charge in [-0.1, -0.05) is 29.8 Å². The summed E-state index contributed by atoms with van der Waals surface area (Å²) < 4.78 is 0. The molecule has 0 aliphatic carbocycles. The maximum absolute atomic E-state index is 12.6. The molecule has 6 nitrogen and oxygen atoms in total. The van der Waals surface area contributed by atoms with Gasteiger partial charge in [-0.25, -0.2) is 0 Å². The first-order chi connectivity index (χ1) is 14.3. The molecule has 156 valence electrons. The number of nitrogens with one attached hydrogen (secondary N) is 2. The van der Waals surface area contributed by atoms with Gasteiger partial charge < -0.3 is 10.6 Å². The number of aliphatic imine (C=N–C) groups is 1. The van der Waals surface area contributed by atoms with E-state index in [-0.39, 0.29) is 11.8 Å². The van der Waals surface area contributed by atoms with Gasteiger partial charge in [0.2, 0.25) is 5.91 Å². The number of anilines is 1. The Morgan fingerprint density at radius 2 is 1.87 bits per heavy atom. The van der Waals surface area contributed by atoms with Crippen molar-refractivity contribution in [3.05, 3.63) is 64.7 Å². The molecule has 0 bridgehead atoms. The number of likely N-dealkylation sites (tertiary alicyclic amines) is 1. The van der Waals surface area contributed by atoms with Crippen molar-refractivity contribution in [2.45, 2.75) is 39.3 Å². The SMILES string of the molecule is Cc1cccc(C2=NC3(CCN(CC(=O)Nc4ccc(C)c(C)c4)CC3)NC2=O)c1. The van der Waals surface area contributed by atoms with Crippen LogP contribution in [0.15, 0.2) is 47.5 Å². The van der Waals surface area contributed by atoms with Crippen LogP contribution in [-0.4, -0.2) is 47.7 Å². The number of nitrogens with zero attached hydrogens (tertiary/aromatic N) is 2. The summed E-state index contributed by atoms with van der Waals surface area (Å²) in [5.74, 6) is -0.129. The molecule has 1 spiro atoms. The molecule has 0 aromatic heterocycles. The van der Waals surface area contributed by atoms with Crippen molar-refractivity contribution in [1.82, 2.24) is 10.2 Å². The lowest BCUT2D eigenvalue weighted by molar-refractivity contribution is -0.119. The van der Waals surface area contributed by atoms with Crippen LogP contribution in [0.4, 0.5) is 5.69 Å². The zero-order valence-corrected chi connectivity index (χ0v) is 17.8. The molecule has 0 radical (unpaired) electrons. The summed E-state index contributed by atoms with van der Waals surface area (Å²) in [4.78, 5) is 31.9. The Bertz CT molecular complexity index is 1020. The summed E-state index contributed by atoms with van der Waals surface area (Å²) in [6, 6.07) is 13.8. The van der Waals surface area contributed by atoms with E-state index in [1.807, 2.05) is 56.3 Å². The van der Waals surface area contributed by atoms with E-state index in [4.69, 9.17) is 4.99 Å². The Labute approximate surface area is 177 Å². The van der Waals surface area contributed by atoms with Gasteiger partial charge in [0.25, 0.3) is 5.91 Å². The molecule has 2 aliphatic heterocycles. The molecule has 2 aromatic carbocycles. The van der Waals surface area contributed by atoms with E-state index in [1.165, 1.54) is 5.56 Å². The molecule has 1 fully saturated rings. The first-order valence-corrected chi connectivity index (χ1v) is 10.4. The van der Waals surface area contributed by atoms with E-state index in [1.54, 1.807) is 0 Å². The Hall–Kier alpha value is -2.99. The lowest BCUT2D eigenvalue weighted by atomic mass is 9.98. The van der Waals surface area contributed by atoms with Gasteiger partial charge in [-0.15, -0.1) is 0 Å². The maximum Gasteiger partial charge on any atom is 0.272 e. The second-order valence-corrected chi connectivity index (χ2v) is 8.44. The van der Waals surface area contributed by atoms with Crippen LogP contribution in [0.3, 0.4) is 0 Å². The number of aryl methyl sites for hydroxylation is 3. The first kappa shape index (κ1) is 20.3. The van der Waals surface area contributed by atoms with Crippen LogP contribution in [-0.2, 0) is 9.59 Å². The van der Waals surface area contributed by atoms with Crippen molar-refractivity contribution >= 4 is 23.2 Å². The topological polar surface area (TPSA) is 73.8 Å². The summed E-state index contributed by atoms with van der Waals surface area (Å²) in [5.41, 5.74) is 5.13. The molecule has 6 heteroatoms. The van der Waals surface area contributed by atoms with Gasteiger partial charge in [-0.3, -0.25) is 19.5 Å². The minimum Gasteiger partial charge on any atom is -0.326 e. The van der Waals surface area contributed by atoms with Crippen LogP contribution in [0.2, 0.25) is 0 Å². The lowest BCUT2D eigenvalue weighted by Crippen LogP contribution is -2.52. The fourth-order valence-corrected chi connectivity index (χ4v) is 4.09. The second-order valence-electron chi connectivity index (χ2n) is 8.44. The monoisotopic (exact) mass is 404 g/mol. The fourth-order valence-electron chi connectivity index (χ4n) is 4.09. The Kier molecular flexibility index (Phi) is 5.43. The summed E-state index contributed by atoms with van der Waals surface area (Å²) in [5, 5.41) is 6.07. The third-order valence-corrected chi connectivity index (χ3v) is 6.02. The highest BCUT2D eigenvalue weighted by atomic mass is 16.2. The van der Waals surface area contributed by atoms with Crippen molar-refractivity contribution in [3.63, 3.8) is 0 Å². The third-order valence-electron chi connectivity index (χ3n) is 6.02. The highest BCUT2D eigenvalue weighted by Crippen LogP contribution is 2.29. The minimum absolute atomic E-state index is 0.0198. The van der Waals surface area contributed by atoms with Crippen LogP contribution in [0.5, 0.6) is 0 Å². The summed E-state index contributed by atoms with van der Waals surface area (Å²) in [6.45, 7) is 7.87. The van der Waals surface area contributed by atoms with Crippen LogP contribution < -0.4 is 10.6 Å². The highest BCUT2D eigenvalue weighted by molar-refractivity contribution is 6.46. The average molecular weight is 405 g/mol. The average Bonchev–Trinajstić information content (AvgIpc) is 3.03. The second kappa shape index (κ2) is 8.03. The quantitative estimate of drug-likeness (QED) is 0.823. The van der Waals surface area contributed by atoms with E-state index < -0.39 is 5.66 Å². The van der Waals surface area contributed by atoms with Crippen LogP contribution in [0.1, 0.15) is 35.1 Å². The molecular formula is C24H28N4O2. The van der Waals surface area contributed by atoms with Crippen LogP contribution >= 0.6 is 0 Å². The number of hydrogen-bond acceptors (Lipinski definition) is 4. The predicted molar refractivity (Wildman–Crippen MR) is 119 cm³/mol. The Morgan fingerprint density at radius 3 is 2.57 bits per heavy atom. The zero-order valence-electron chi connectivity index (χ0n) is 17.8. The smallest absolute Gasteiger partial charge is 0.272 e. The van der Waals surface area contributed by atoms with Gasteiger partial charge >= 0.3 is 0 Å². The maximum atomic E-state index is 12.6. The molecule has 2 N–H and O–H groups in total. The molecule has 2 aliphatic rings. The molecule has 4 rings (SSSR count). The summed E-state index contributed by atoms with van der Waals surface area (Å²) in [7, 11) is 0. The van der Waals surface area contributed by atoms with E-state index >= 15 is 0 Å². The van der Waals surface area contributed by atoms with Gasteiger partial charge in [0.1, 0.15) is 11.4 Å². The number of benzene rings is 2. The molecule has 2 aromatic rings. The normalized spacial score (nSPS) is 18.2. The van der Waals surface area contributed by atoms with Crippen molar-refractivity contribution in [2.75, 3.05) is 25.0 Å².